The second kappa shape index (κ2) is 12.9. The highest BCUT2D eigenvalue weighted by Crippen LogP contribution is 2.47. The van der Waals surface area contributed by atoms with Gasteiger partial charge in [0.15, 0.2) is 47.1 Å². The number of benzene rings is 1. The molecule has 2 atom stereocenters. The van der Waals surface area contributed by atoms with Crippen LogP contribution < -0.4 is 10.3 Å². The second-order valence-electron chi connectivity index (χ2n) is 11.3. The third kappa shape index (κ3) is 6.16. The van der Waals surface area contributed by atoms with Gasteiger partial charge in [0.1, 0.15) is 5.69 Å². The number of Topliss-reactive ketones (excluding diaryl/α,β-unsaturated/α-hetero) is 1. The molecule has 2 aliphatic heterocycles. The molecule has 0 bridgehead atoms. The predicted molar refractivity (Wildman–Crippen MR) is 174 cm³/mol. The fourth-order valence-corrected chi connectivity index (χ4v) is 7.31. The lowest BCUT2D eigenvalue weighted by molar-refractivity contribution is -0.688. The number of tetrazole rings is 1. The van der Waals surface area contributed by atoms with Crippen molar-refractivity contribution in [3.05, 3.63) is 64.2 Å². The molecule has 1 aromatic carbocycles. The number of nitrogen functional groups attached to an aromatic ring is 1. The Kier molecular flexibility index (Phi) is 8.80. The van der Waals surface area contributed by atoms with Gasteiger partial charge < -0.3 is 25.9 Å². The van der Waals surface area contributed by atoms with E-state index in [4.69, 9.17) is 22.2 Å². The molecule has 1 fully saturated rings. The van der Waals surface area contributed by atoms with E-state index < -0.39 is 34.4 Å². The number of H-pyrrole nitrogens is 1. The predicted octanol–water partition coefficient (Wildman–Crippen LogP) is 2.44. The molecule has 0 radical (unpaired) electrons. The number of aromatic amines is 1. The van der Waals surface area contributed by atoms with Gasteiger partial charge in [0.05, 0.1) is 22.0 Å². The number of carbonyl (C=O) groups excluding carboxylic acids is 2. The van der Waals surface area contributed by atoms with E-state index in [1.54, 1.807) is 23.1 Å². The smallest absolute Gasteiger partial charge is 0.350 e. The highest BCUT2D eigenvalue weighted by Gasteiger charge is 2.54. The SMILES string of the molecule is CC(C)(O/N=C(\C(=O)C[C@@H]1C(=O)N2C(c3nn[nH]n3)=C(C[n+]3ccc(-c4ccc(O)c(O)c4Cl)cc3)CS[C@H]12)c1csc(N)n1)C(=O)O. The van der Waals surface area contributed by atoms with E-state index in [0.717, 1.165) is 16.9 Å². The third-order valence-corrected chi connectivity index (χ3v) is 10.2. The van der Waals surface area contributed by atoms with Crippen molar-refractivity contribution in [1.82, 2.24) is 30.5 Å². The summed E-state index contributed by atoms with van der Waals surface area (Å²) in [6.07, 6.45) is 3.39. The van der Waals surface area contributed by atoms with Crippen LogP contribution in [0.15, 0.2) is 52.8 Å². The number of nitrogens with two attached hydrogens (primary N) is 1. The molecule has 6 rings (SSSR count). The number of anilines is 1. The molecule has 16 nitrogen and oxygen atoms in total. The number of hydrogen-bond acceptors (Lipinski definition) is 14. The molecule has 2 aliphatic rings. The number of phenols is 2. The molecule has 0 unspecified atom stereocenters. The normalized spacial score (nSPS) is 18.0. The maximum Gasteiger partial charge on any atom is 0.350 e. The van der Waals surface area contributed by atoms with Crippen molar-refractivity contribution in [2.45, 2.75) is 37.8 Å². The Morgan fingerprint density at radius 1 is 1.25 bits per heavy atom. The highest BCUT2D eigenvalue weighted by molar-refractivity contribution is 8.00. The summed E-state index contributed by atoms with van der Waals surface area (Å²) in [5.41, 5.74) is 6.49. The van der Waals surface area contributed by atoms with Crippen LogP contribution >= 0.6 is 34.7 Å². The summed E-state index contributed by atoms with van der Waals surface area (Å²) in [5.74, 6) is -2.91. The minimum absolute atomic E-state index is 0.0274. The number of carboxylic acids is 1. The molecule has 5 heterocycles. The topological polar surface area (TPSA) is 234 Å². The Hall–Kier alpha value is -5.07. The summed E-state index contributed by atoms with van der Waals surface area (Å²) in [5, 5.41) is 48.7. The van der Waals surface area contributed by atoms with Crippen molar-refractivity contribution < 1.29 is 39.1 Å². The largest absolute Gasteiger partial charge is 0.504 e. The van der Waals surface area contributed by atoms with Gasteiger partial charge >= 0.3 is 5.97 Å². The highest BCUT2D eigenvalue weighted by atomic mass is 35.5. The molecule has 3 aromatic heterocycles. The number of aromatic hydroxyl groups is 2. The van der Waals surface area contributed by atoms with Gasteiger partial charge in [-0.3, -0.25) is 14.5 Å². The molecule has 48 heavy (non-hydrogen) atoms. The molecule has 6 N–H and O–H groups in total. The number of oxime groups is 1. The van der Waals surface area contributed by atoms with Gasteiger partial charge in [0.25, 0.3) is 0 Å². The van der Waals surface area contributed by atoms with Gasteiger partial charge in [-0.25, -0.2) is 14.3 Å². The van der Waals surface area contributed by atoms with Crippen molar-refractivity contribution in [3.8, 4) is 22.6 Å². The van der Waals surface area contributed by atoms with Crippen LogP contribution in [0.2, 0.25) is 5.02 Å². The van der Waals surface area contributed by atoms with Crippen LogP contribution in [0, 0.1) is 5.92 Å². The zero-order valence-electron chi connectivity index (χ0n) is 25.2. The first-order valence-electron chi connectivity index (χ1n) is 14.2. The molecule has 0 saturated carbocycles. The van der Waals surface area contributed by atoms with E-state index in [1.165, 1.54) is 37.1 Å². The maximum absolute atomic E-state index is 13.7. The number of thioether (sulfide) groups is 1. The first-order valence-corrected chi connectivity index (χ1v) is 16.5. The van der Waals surface area contributed by atoms with Gasteiger partial charge in [-0.05, 0) is 36.8 Å². The average Bonchev–Trinajstić information content (AvgIpc) is 3.75. The Balaban J connectivity index is 1.23. The van der Waals surface area contributed by atoms with Gasteiger partial charge in [-0.15, -0.1) is 33.3 Å². The average molecular weight is 713 g/mol. The van der Waals surface area contributed by atoms with Crippen molar-refractivity contribution >= 4 is 68.9 Å². The van der Waals surface area contributed by atoms with Crippen molar-refractivity contribution in [2.75, 3.05) is 11.5 Å². The Morgan fingerprint density at radius 2 is 2.00 bits per heavy atom. The zero-order valence-corrected chi connectivity index (χ0v) is 27.6. The minimum Gasteiger partial charge on any atom is -0.504 e. The molecular weight excluding hydrogens is 686 g/mol. The fraction of sp³-hybridized carbons (Fsp3) is 0.276. The summed E-state index contributed by atoms with van der Waals surface area (Å²) < 4.78 is 1.89. The molecule has 4 aromatic rings. The molecule has 19 heteroatoms. The zero-order chi connectivity index (χ0) is 34.3. The van der Waals surface area contributed by atoms with Crippen LogP contribution in [0.5, 0.6) is 11.5 Å². The lowest BCUT2D eigenvalue weighted by Crippen LogP contribution is -2.61. The fourth-order valence-electron chi connectivity index (χ4n) is 5.09. The number of amides is 1. The van der Waals surface area contributed by atoms with E-state index in [0.29, 0.717) is 29.1 Å². The second-order valence-corrected chi connectivity index (χ2v) is 13.7. The van der Waals surface area contributed by atoms with Gasteiger partial charge in [0, 0.05) is 40.8 Å². The van der Waals surface area contributed by atoms with Crippen molar-refractivity contribution in [2.24, 2.45) is 11.1 Å². The Bertz CT molecular complexity index is 1980. The monoisotopic (exact) mass is 712 g/mol. The molecule has 0 aliphatic carbocycles. The summed E-state index contributed by atoms with van der Waals surface area (Å²) in [7, 11) is 0. The number of aromatic nitrogens is 6. The first kappa shape index (κ1) is 32.9. The van der Waals surface area contributed by atoms with E-state index in [9.17, 15) is 29.7 Å². The lowest BCUT2D eigenvalue weighted by atomic mass is 9.89. The standard InChI is InChI=1S/C29H26ClN9O7S2/c1-29(2,27(44)45)46-35-21(17-12-48-28(31)32-17)19(41)9-16-25(43)39-22(24-33-36-37-34-24)14(11-47-26(16)39)10-38-7-5-13(6-8-38)15-3-4-18(40)23(42)20(15)30/h3-8,12,16,26H,9-11H2,1-2H3,(H5,31,32,33,34,36,37,42,44,45)/p+1/b35-21-/t16-,26-/m1/s1. The number of ketones is 1. The van der Waals surface area contributed by atoms with Crippen LogP contribution in [0.4, 0.5) is 5.13 Å². The van der Waals surface area contributed by atoms with Crippen LogP contribution in [0.1, 0.15) is 31.8 Å². The number of β-lactam (4-membered cyclic amide) rings is 1. The minimum atomic E-state index is -1.73. The van der Waals surface area contributed by atoms with Crippen LogP contribution in [0.3, 0.4) is 0 Å². The van der Waals surface area contributed by atoms with E-state index >= 15 is 0 Å². The van der Waals surface area contributed by atoms with Gasteiger partial charge in [0.2, 0.25) is 17.3 Å². The number of thiazole rings is 1. The molecule has 1 amide bonds. The first-order chi connectivity index (χ1) is 22.9. The van der Waals surface area contributed by atoms with E-state index in [2.05, 4.69) is 30.8 Å². The van der Waals surface area contributed by atoms with E-state index in [1.807, 2.05) is 17.0 Å². The maximum atomic E-state index is 13.7. The third-order valence-electron chi connectivity index (χ3n) is 7.70. The molecule has 248 valence electrons. The Labute approximate surface area is 284 Å². The van der Waals surface area contributed by atoms with Crippen LogP contribution in [0.25, 0.3) is 16.8 Å². The molecule has 0 spiro atoms. The van der Waals surface area contributed by atoms with Crippen LogP contribution in [-0.2, 0) is 25.8 Å². The van der Waals surface area contributed by atoms with Gasteiger partial charge in [-0.1, -0.05) is 16.8 Å². The van der Waals surface area contributed by atoms with Crippen molar-refractivity contribution in [3.63, 3.8) is 0 Å². The number of nitrogens with zero attached hydrogens (tertiary/aromatic N) is 7. The number of nitrogens with one attached hydrogen (secondary N) is 1. The van der Waals surface area contributed by atoms with E-state index in [-0.39, 0.29) is 45.5 Å². The summed E-state index contributed by atoms with van der Waals surface area (Å²) >= 11 is 8.79. The number of phenolic OH excluding ortho intramolecular Hbond substituents is 2. The summed E-state index contributed by atoms with van der Waals surface area (Å²) in [4.78, 5) is 49.7. The number of carboxylic acid groups (broad SMARTS) is 1. The molecular formula is C29H27ClN9O7S2+. The number of rotatable bonds is 11. The van der Waals surface area contributed by atoms with Gasteiger partial charge in [-0.2, -0.15) is 5.21 Å². The summed E-state index contributed by atoms with van der Waals surface area (Å²) in [6.45, 7) is 2.94. The number of hydrogen-bond donors (Lipinski definition) is 5. The quantitative estimate of drug-likeness (QED) is 0.0495. The number of fused-ring (bicyclic) bond motifs is 1. The van der Waals surface area contributed by atoms with Crippen molar-refractivity contribution in [1.29, 1.82) is 0 Å². The summed E-state index contributed by atoms with van der Waals surface area (Å²) in [6, 6.07) is 6.57. The number of halogens is 1. The van der Waals surface area contributed by atoms with Crippen LogP contribution in [-0.4, -0.2) is 85.9 Å². The molecule has 1 saturated heterocycles. The Morgan fingerprint density at radius 3 is 2.65 bits per heavy atom. The number of pyridine rings is 1. The lowest BCUT2D eigenvalue weighted by Gasteiger charge is -2.49. The number of carbonyl (C=O) groups is 3. The number of aliphatic carboxylic acids is 1.